The third-order valence-corrected chi connectivity index (χ3v) is 11.8. The lowest BCUT2D eigenvalue weighted by atomic mass is 9.60. The fourth-order valence-corrected chi connectivity index (χ4v) is 9.40. The summed E-state index contributed by atoms with van der Waals surface area (Å²) in [7, 11) is 0. The summed E-state index contributed by atoms with van der Waals surface area (Å²) in [6.45, 7) is 18.4. The van der Waals surface area contributed by atoms with E-state index in [0.29, 0.717) is 43.9 Å². The normalized spacial score (nSPS) is 36.1. The van der Waals surface area contributed by atoms with Crippen LogP contribution in [0, 0.1) is 29.1 Å². The van der Waals surface area contributed by atoms with Gasteiger partial charge in [0.1, 0.15) is 17.1 Å². The molecule has 1 aromatic rings. The number of rotatable bonds is 10. The summed E-state index contributed by atoms with van der Waals surface area (Å²) in [6.07, 6.45) is 13.5. The van der Waals surface area contributed by atoms with Gasteiger partial charge in [-0.1, -0.05) is 45.1 Å². The molecule has 1 saturated heterocycles. The zero-order valence-electron chi connectivity index (χ0n) is 28.6. The highest BCUT2D eigenvalue weighted by atomic mass is 16.5. The molecule has 4 aliphatic rings. The van der Waals surface area contributed by atoms with E-state index in [1.165, 1.54) is 31.3 Å². The van der Waals surface area contributed by atoms with Gasteiger partial charge in [-0.15, -0.1) is 0 Å². The van der Waals surface area contributed by atoms with Crippen LogP contribution in [0.25, 0.3) is 0 Å². The maximum absolute atomic E-state index is 13.5. The molecule has 2 unspecified atom stereocenters. The molecule has 0 spiro atoms. The van der Waals surface area contributed by atoms with Crippen LogP contribution in [-0.4, -0.2) is 52.0 Å². The Labute approximate surface area is 271 Å². The molecule has 8 atom stereocenters. The molecule has 1 aliphatic heterocycles. The lowest BCUT2D eigenvalue weighted by molar-refractivity contribution is -0.142. The number of amides is 1. The first kappa shape index (κ1) is 33.8. The fraction of sp³-hybridized carbons (Fsp3) is 0.667. The molecule has 0 bridgehead atoms. The predicted octanol–water partition coefficient (Wildman–Crippen LogP) is 7.78. The van der Waals surface area contributed by atoms with Crippen molar-refractivity contribution < 1.29 is 24.5 Å². The molecule has 0 aromatic heterocycles. The Morgan fingerprint density at radius 2 is 1.76 bits per heavy atom. The van der Waals surface area contributed by atoms with Crippen molar-refractivity contribution in [1.82, 2.24) is 4.90 Å². The molecule has 2 N–H and O–H groups in total. The van der Waals surface area contributed by atoms with E-state index in [2.05, 4.69) is 39.5 Å². The van der Waals surface area contributed by atoms with Crippen LogP contribution in [0.15, 0.2) is 53.6 Å². The lowest BCUT2D eigenvalue weighted by Crippen LogP contribution is -2.40. The highest BCUT2D eigenvalue weighted by molar-refractivity contribution is 5.87. The van der Waals surface area contributed by atoms with Gasteiger partial charge in [0.25, 0.3) is 5.91 Å². The Morgan fingerprint density at radius 3 is 2.42 bits per heavy atom. The highest BCUT2D eigenvalue weighted by Gasteiger charge is 2.53. The van der Waals surface area contributed by atoms with Crippen molar-refractivity contribution in [1.29, 1.82) is 0 Å². The molecule has 4 fully saturated rings. The van der Waals surface area contributed by atoms with Gasteiger partial charge in [0.2, 0.25) is 0 Å². The number of aliphatic hydroxyl groups excluding tert-OH is 1. The molecule has 6 heteroatoms. The largest absolute Gasteiger partial charge is 0.494 e. The highest BCUT2D eigenvalue weighted by Crippen LogP contribution is 2.60. The van der Waals surface area contributed by atoms with Gasteiger partial charge < -0.3 is 24.6 Å². The minimum Gasteiger partial charge on any atom is -0.494 e. The van der Waals surface area contributed by atoms with Crippen molar-refractivity contribution in [2.45, 2.75) is 124 Å². The van der Waals surface area contributed by atoms with Gasteiger partial charge in [0.05, 0.1) is 19.3 Å². The summed E-state index contributed by atoms with van der Waals surface area (Å²) >= 11 is 0. The van der Waals surface area contributed by atoms with Crippen molar-refractivity contribution in [3.8, 4) is 11.5 Å². The fourth-order valence-electron chi connectivity index (χ4n) is 9.40. The first-order valence-corrected chi connectivity index (χ1v) is 17.6. The SMILES string of the molecule is C=C1/C(=C\C=C2/CCC[C@]3(C)[C@@H]([C@H](C)CC4CC(C)(O)C(=O)N4Cc4cc(OCC)cc(OCC)c4)CC[C@@H]23)CC[C@H](C)[C@@H]1O. The molecular weight excluding hydrogens is 562 g/mol. The average Bonchev–Trinajstić information content (AvgIpc) is 3.44. The number of nitrogens with zero attached hydrogens (tertiary/aromatic N) is 1. The maximum atomic E-state index is 13.5. The lowest BCUT2D eigenvalue weighted by Gasteiger charge is -2.45. The third-order valence-electron chi connectivity index (χ3n) is 11.8. The van der Waals surface area contributed by atoms with Crippen LogP contribution in [0.3, 0.4) is 0 Å². The summed E-state index contributed by atoms with van der Waals surface area (Å²) in [5, 5.41) is 21.7. The molecule has 6 nitrogen and oxygen atoms in total. The minimum atomic E-state index is -1.35. The van der Waals surface area contributed by atoms with Crippen molar-refractivity contribution in [3.63, 3.8) is 0 Å². The van der Waals surface area contributed by atoms with E-state index in [9.17, 15) is 15.0 Å². The number of carbonyl (C=O) groups is 1. The number of fused-ring (bicyclic) bond motifs is 1. The van der Waals surface area contributed by atoms with Crippen LogP contribution in [0.1, 0.15) is 105 Å². The molecule has 3 saturated carbocycles. The topological polar surface area (TPSA) is 79.2 Å². The summed E-state index contributed by atoms with van der Waals surface area (Å²) in [5.74, 6) is 3.13. The number of ether oxygens (including phenoxy) is 2. The molecule has 1 amide bonds. The van der Waals surface area contributed by atoms with Crippen LogP contribution in [0.5, 0.6) is 11.5 Å². The van der Waals surface area contributed by atoms with Crippen LogP contribution in [0.2, 0.25) is 0 Å². The number of allylic oxidation sites excluding steroid dienone is 3. The second-order valence-corrected chi connectivity index (χ2v) is 15.0. The van der Waals surface area contributed by atoms with Crippen molar-refractivity contribution in [2.24, 2.45) is 29.1 Å². The first-order chi connectivity index (χ1) is 21.4. The Bertz CT molecular complexity index is 1290. The smallest absolute Gasteiger partial charge is 0.254 e. The number of benzene rings is 1. The quantitative estimate of drug-likeness (QED) is 0.280. The van der Waals surface area contributed by atoms with Crippen LogP contribution in [-0.2, 0) is 11.3 Å². The summed E-state index contributed by atoms with van der Waals surface area (Å²) in [4.78, 5) is 15.5. The summed E-state index contributed by atoms with van der Waals surface area (Å²) in [6, 6.07) is 5.86. The Morgan fingerprint density at radius 1 is 1.07 bits per heavy atom. The number of carbonyl (C=O) groups excluding carboxylic acids is 1. The molecule has 5 rings (SSSR count). The predicted molar refractivity (Wildman–Crippen MR) is 180 cm³/mol. The summed E-state index contributed by atoms with van der Waals surface area (Å²) in [5.41, 5.74) is 3.50. The van der Waals surface area contributed by atoms with E-state index in [0.717, 1.165) is 48.3 Å². The van der Waals surface area contributed by atoms with E-state index < -0.39 is 11.7 Å². The first-order valence-electron chi connectivity index (χ1n) is 17.6. The molecular formula is C39H57NO5. The van der Waals surface area contributed by atoms with Crippen LogP contribution >= 0.6 is 0 Å². The number of hydrogen-bond donors (Lipinski definition) is 2. The van der Waals surface area contributed by atoms with Gasteiger partial charge in [0, 0.05) is 25.1 Å². The average molecular weight is 620 g/mol. The van der Waals surface area contributed by atoms with E-state index >= 15 is 0 Å². The van der Waals surface area contributed by atoms with Gasteiger partial charge >= 0.3 is 0 Å². The molecule has 248 valence electrons. The van der Waals surface area contributed by atoms with Gasteiger partial charge in [-0.05, 0) is 130 Å². The Kier molecular flexibility index (Phi) is 10.2. The summed E-state index contributed by atoms with van der Waals surface area (Å²) < 4.78 is 11.6. The van der Waals surface area contributed by atoms with Gasteiger partial charge in [0.15, 0.2) is 0 Å². The number of aliphatic hydroxyl groups is 2. The Hall–Kier alpha value is -2.57. The van der Waals surface area contributed by atoms with Crippen molar-refractivity contribution in [2.75, 3.05) is 13.2 Å². The zero-order valence-corrected chi connectivity index (χ0v) is 28.6. The molecule has 45 heavy (non-hydrogen) atoms. The van der Waals surface area contributed by atoms with E-state index in [1.807, 2.05) is 36.9 Å². The van der Waals surface area contributed by atoms with Crippen molar-refractivity contribution >= 4 is 5.91 Å². The second-order valence-electron chi connectivity index (χ2n) is 15.0. The maximum Gasteiger partial charge on any atom is 0.254 e. The Balaban J connectivity index is 1.32. The van der Waals surface area contributed by atoms with Crippen LogP contribution in [0.4, 0.5) is 0 Å². The molecule has 1 aromatic carbocycles. The molecule has 0 radical (unpaired) electrons. The minimum absolute atomic E-state index is 0.0223. The molecule has 1 heterocycles. The third kappa shape index (κ3) is 6.93. The van der Waals surface area contributed by atoms with Crippen LogP contribution < -0.4 is 9.47 Å². The second kappa shape index (κ2) is 13.7. The van der Waals surface area contributed by atoms with E-state index in [4.69, 9.17) is 9.47 Å². The number of hydrogen-bond acceptors (Lipinski definition) is 5. The van der Waals surface area contributed by atoms with E-state index in [1.54, 1.807) is 12.5 Å². The van der Waals surface area contributed by atoms with E-state index in [-0.39, 0.29) is 23.3 Å². The van der Waals surface area contributed by atoms with Crippen molar-refractivity contribution in [3.05, 3.63) is 59.2 Å². The number of likely N-dealkylation sites (tertiary alicyclic amines) is 1. The standard InChI is InChI=1S/C39H57NO5/c1-8-44-32-20-28(21-33(22-32)45-9-2)24-40-31(23-39(7,43)37(40)42)19-26(4)34-16-17-35-30(11-10-18-38(34,35)6)15-14-29-13-12-25(3)36(41)27(29)5/h14-15,20-22,25-26,31,34-36,41,43H,5,8-13,16-19,23-24H2,1-4,6-7H3/b29-14-,30-15+/t25-,26+,31?,34+,35-,36-,38+,39?/m0/s1. The molecule has 3 aliphatic carbocycles. The monoisotopic (exact) mass is 619 g/mol. The van der Waals surface area contributed by atoms with Gasteiger partial charge in [-0.3, -0.25) is 4.79 Å². The zero-order chi connectivity index (χ0) is 32.5. The van der Waals surface area contributed by atoms with Gasteiger partial charge in [-0.25, -0.2) is 0 Å². The van der Waals surface area contributed by atoms with Gasteiger partial charge in [-0.2, -0.15) is 0 Å².